The fourth-order valence-electron chi connectivity index (χ4n) is 2.94. The molecule has 0 saturated carbocycles. The van der Waals surface area contributed by atoms with Gasteiger partial charge in [-0.1, -0.05) is 13.3 Å². The van der Waals surface area contributed by atoms with Gasteiger partial charge in [-0.3, -0.25) is 9.52 Å². The fourth-order valence-corrected chi connectivity index (χ4v) is 3.99. The number of unbranched alkanes of at least 4 members (excludes halogenated alkanes) is 1. The Morgan fingerprint density at radius 3 is 2.59 bits per heavy atom. The van der Waals surface area contributed by atoms with Crippen molar-refractivity contribution in [2.75, 3.05) is 28.0 Å². The SMILES string of the molecule is CCCCNc1ccc(NS(=O)(=O)c2ccc3c(c2)CCN3C(C)=O)nn1. The lowest BCUT2D eigenvalue weighted by atomic mass is 10.2. The monoisotopic (exact) mass is 389 g/mol. The van der Waals surface area contributed by atoms with Gasteiger partial charge in [0.25, 0.3) is 10.0 Å². The van der Waals surface area contributed by atoms with Gasteiger partial charge in [-0.15, -0.1) is 10.2 Å². The number of sulfonamides is 1. The zero-order valence-electron chi connectivity index (χ0n) is 15.4. The number of aromatic nitrogens is 2. The number of nitrogens with zero attached hydrogens (tertiary/aromatic N) is 3. The average Bonchev–Trinajstić information content (AvgIpc) is 3.06. The smallest absolute Gasteiger partial charge is 0.263 e. The maximum absolute atomic E-state index is 12.6. The molecule has 144 valence electrons. The predicted molar refractivity (Wildman–Crippen MR) is 104 cm³/mol. The molecule has 8 nitrogen and oxygen atoms in total. The van der Waals surface area contributed by atoms with Gasteiger partial charge >= 0.3 is 0 Å². The van der Waals surface area contributed by atoms with Crippen LogP contribution in [0, 0.1) is 0 Å². The maximum Gasteiger partial charge on any atom is 0.263 e. The summed E-state index contributed by atoms with van der Waals surface area (Å²) in [5.74, 6) is 0.709. The summed E-state index contributed by atoms with van der Waals surface area (Å²) in [6.45, 7) is 4.96. The molecular formula is C18H23N5O3S. The summed E-state index contributed by atoms with van der Waals surface area (Å²) in [5.41, 5.74) is 1.61. The Morgan fingerprint density at radius 2 is 1.93 bits per heavy atom. The van der Waals surface area contributed by atoms with E-state index in [1.54, 1.807) is 29.2 Å². The van der Waals surface area contributed by atoms with Crippen LogP contribution in [0.5, 0.6) is 0 Å². The van der Waals surface area contributed by atoms with E-state index >= 15 is 0 Å². The Kier molecular flexibility index (Phi) is 5.59. The molecule has 0 saturated heterocycles. The molecule has 2 heterocycles. The maximum atomic E-state index is 12.6. The summed E-state index contributed by atoms with van der Waals surface area (Å²) < 4.78 is 27.7. The Morgan fingerprint density at radius 1 is 1.19 bits per heavy atom. The molecule has 3 rings (SSSR count). The molecule has 1 aromatic carbocycles. The first-order valence-corrected chi connectivity index (χ1v) is 10.4. The van der Waals surface area contributed by atoms with Crippen molar-refractivity contribution in [3.05, 3.63) is 35.9 Å². The van der Waals surface area contributed by atoms with Gasteiger partial charge in [-0.25, -0.2) is 8.42 Å². The van der Waals surface area contributed by atoms with Crippen LogP contribution >= 0.6 is 0 Å². The van der Waals surface area contributed by atoms with E-state index in [2.05, 4.69) is 27.2 Å². The zero-order chi connectivity index (χ0) is 19.4. The largest absolute Gasteiger partial charge is 0.369 e. The van der Waals surface area contributed by atoms with Crippen LogP contribution in [0.15, 0.2) is 35.2 Å². The molecule has 0 radical (unpaired) electrons. The number of amides is 1. The first kappa shape index (κ1) is 19.1. The third-order valence-corrected chi connectivity index (χ3v) is 5.73. The number of hydrogen-bond donors (Lipinski definition) is 2. The number of benzene rings is 1. The average molecular weight is 389 g/mol. The number of hydrogen-bond acceptors (Lipinski definition) is 6. The van der Waals surface area contributed by atoms with Crippen molar-refractivity contribution in [2.24, 2.45) is 0 Å². The van der Waals surface area contributed by atoms with Gasteiger partial charge in [0.2, 0.25) is 5.91 Å². The predicted octanol–water partition coefficient (Wildman–Crippen LogP) is 2.40. The van der Waals surface area contributed by atoms with Crippen molar-refractivity contribution >= 4 is 33.3 Å². The lowest BCUT2D eigenvalue weighted by Crippen LogP contribution is -2.25. The van der Waals surface area contributed by atoms with Crippen LogP contribution in [0.4, 0.5) is 17.3 Å². The molecule has 0 fully saturated rings. The summed E-state index contributed by atoms with van der Waals surface area (Å²) in [6, 6.07) is 8.04. The van der Waals surface area contributed by atoms with Crippen LogP contribution in [-0.2, 0) is 21.2 Å². The molecule has 9 heteroatoms. The summed E-state index contributed by atoms with van der Waals surface area (Å²) in [7, 11) is -3.78. The van der Waals surface area contributed by atoms with Crippen LogP contribution < -0.4 is 14.9 Å². The molecule has 27 heavy (non-hydrogen) atoms. The topological polar surface area (TPSA) is 104 Å². The summed E-state index contributed by atoms with van der Waals surface area (Å²) in [5, 5.41) is 11.0. The second-order valence-corrected chi connectivity index (χ2v) is 8.08. The van der Waals surface area contributed by atoms with Crippen LogP contribution in [-0.4, -0.2) is 37.6 Å². The molecular weight excluding hydrogens is 366 g/mol. The molecule has 0 spiro atoms. The van der Waals surface area contributed by atoms with Gasteiger partial charge in [0, 0.05) is 25.7 Å². The first-order chi connectivity index (χ1) is 12.9. The van der Waals surface area contributed by atoms with Crippen molar-refractivity contribution in [1.82, 2.24) is 10.2 Å². The quantitative estimate of drug-likeness (QED) is 0.705. The molecule has 1 aromatic heterocycles. The molecule has 0 aliphatic carbocycles. The van der Waals surface area contributed by atoms with Crippen molar-refractivity contribution in [3.63, 3.8) is 0 Å². The van der Waals surface area contributed by atoms with E-state index in [0.29, 0.717) is 18.8 Å². The lowest BCUT2D eigenvalue weighted by Gasteiger charge is -2.15. The number of fused-ring (bicyclic) bond motifs is 1. The van der Waals surface area contributed by atoms with Gasteiger partial charge < -0.3 is 10.2 Å². The second kappa shape index (κ2) is 7.91. The van der Waals surface area contributed by atoms with E-state index in [-0.39, 0.29) is 16.6 Å². The highest BCUT2D eigenvalue weighted by Gasteiger charge is 2.25. The van der Waals surface area contributed by atoms with E-state index in [1.807, 2.05) is 0 Å². The molecule has 0 atom stereocenters. The number of anilines is 3. The van der Waals surface area contributed by atoms with Crippen molar-refractivity contribution in [2.45, 2.75) is 38.0 Å². The number of rotatable bonds is 7. The number of nitrogens with one attached hydrogen (secondary N) is 2. The van der Waals surface area contributed by atoms with Crippen LogP contribution in [0.1, 0.15) is 32.3 Å². The Balaban J connectivity index is 1.73. The van der Waals surface area contributed by atoms with Crippen molar-refractivity contribution < 1.29 is 13.2 Å². The minimum atomic E-state index is -3.78. The first-order valence-electron chi connectivity index (χ1n) is 8.92. The second-order valence-electron chi connectivity index (χ2n) is 6.40. The third-order valence-electron chi connectivity index (χ3n) is 4.38. The van der Waals surface area contributed by atoms with Gasteiger partial charge in [0.15, 0.2) is 5.82 Å². The zero-order valence-corrected chi connectivity index (χ0v) is 16.2. The van der Waals surface area contributed by atoms with E-state index in [1.165, 1.54) is 13.0 Å². The Bertz CT molecular complexity index is 929. The van der Waals surface area contributed by atoms with Crippen LogP contribution in [0.2, 0.25) is 0 Å². The van der Waals surface area contributed by atoms with E-state index in [0.717, 1.165) is 30.6 Å². The normalized spacial score (nSPS) is 13.3. The minimum absolute atomic E-state index is 0.0506. The highest BCUT2D eigenvalue weighted by molar-refractivity contribution is 7.92. The van der Waals surface area contributed by atoms with Crippen LogP contribution in [0.25, 0.3) is 0 Å². The summed E-state index contributed by atoms with van der Waals surface area (Å²) >= 11 is 0. The standard InChI is InChI=1S/C18H23N5O3S/c1-3-4-10-19-17-7-8-18(21-20-17)22-27(25,26)15-5-6-16-14(12-15)9-11-23(16)13(2)24/h5-8,12H,3-4,9-11H2,1-2H3,(H,19,20)(H,21,22). The Hall–Kier alpha value is -2.68. The van der Waals surface area contributed by atoms with E-state index < -0.39 is 10.0 Å². The van der Waals surface area contributed by atoms with Crippen molar-refractivity contribution in [3.8, 4) is 0 Å². The van der Waals surface area contributed by atoms with Gasteiger partial charge in [-0.2, -0.15) is 0 Å². The fraction of sp³-hybridized carbons (Fsp3) is 0.389. The third kappa shape index (κ3) is 4.36. The van der Waals surface area contributed by atoms with Gasteiger partial charge in [0.1, 0.15) is 5.82 Å². The minimum Gasteiger partial charge on any atom is -0.369 e. The highest BCUT2D eigenvalue weighted by atomic mass is 32.2. The molecule has 2 aromatic rings. The Labute approximate surface area is 159 Å². The summed E-state index contributed by atoms with van der Waals surface area (Å²) in [4.78, 5) is 13.4. The number of carbonyl (C=O) groups is 1. The van der Waals surface area contributed by atoms with Gasteiger partial charge in [-0.05, 0) is 48.7 Å². The summed E-state index contributed by atoms with van der Waals surface area (Å²) in [6.07, 6.45) is 2.73. The number of carbonyl (C=O) groups excluding carboxylic acids is 1. The molecule has 0 bridgehead atoms. The van der Waals surface area contributed by atoms with Crippen LogP contribution in [0.3, 0.4) is 0 Å². The van der Waals surface area contributed by atoms with E-state index in [4.69, 9.17) is 0 Å². The van der Waals surface area contributed by atoms with Crippen molar-refractivity contribution in [1.29, 1.82) is 0 Å². The molecule has 1 aliphatic heterocycles. The highest BCUT2D eigenvalue weighted by Crippen LogP contribution is 2.30. The van der Waals surface area contributed by atoms with E-state index in [9.17, 15) is 13.2 Å². The molecule has 0 unspecified atom stereocenters. The lowest BCUT2D eigenvalue weighted by molar-refractivity contribution is -0.116. The van der Waals surface area contributed by atoms with Gasteiger partial charge in [0.05, 0.1) is 4.90 Å². The molecule has 2 N–H and O–H groups in total. The molecule has 1 aliphatic rings. The molecule has 1 amide bonds.